The van der Waals surface area contributed by atoms with Crippen LogP contribution in [0, 0.1) is 11.7 Å². The minimum atomic E-state index is -0.902. The molecule has 0 saturated heterocycles. The van der Waals surface area contributed by atoms with Crippen molar-refractivity contribution in [2.24, 2.45) is 5.92 Å². The molecule has 5 heteroatoms. The quantitative estimate of drug-likeness (QED) is 0.847. The minimum Gasteiger partial charge on any atom is -0.480 e. The summed E-state index contributed by atoms with van der Waals surface area (Å²) in [6.07, 6.45) is 0.521. The van der Waals surface area contributed by atoms with Crippen LogP contribution in [0.5, 0.6) is 0 Å². The van der Waals surface area contributed by atoms with E-state index in [9.17, 15) is 9.18 Å². The molecular formula is C13H17BrFNO2. The average Bonchev–Trinajstić information content (AvgIpc) is 2.25. The summed E-state index contributed by atoms with van der Waals surface area (Å²) in [5, 5.41) is 11.9. The Bertz CT molecular complexity index is 423. The molecule has 0 radical (unpaired) electrons. The van der Waals surface area contributed by atoms with Crippen molar-refractivity contribution >= 4 is 21.9 Å². The van der Waals surface area contributed by atoms with Crippen molar-refractivity contribution in [3.63, 3.8) is 0 Å². The van der Waals surface area contributed by atoms with E-state index in [-0.39, 0.29) is 18.3 Å². The third-order valence-corrected chi connectivity index (χ3v) is 3.05. The molecule has 0 amide bonds. The van der Waals surface area contributed by atoms with Gasteiger partial charge in [0.1, 0.15) is 11.9 Å². The Morgan fingerprint density at radius 3 is 2.67 bits per heavy atom. The van der Waals surface area contributed by atoms with Gasteiger partial charge in [-0.3, -0.25) is 4.79 Å². The molecule has 100 valence electrons. The van der Waals surface area contributed by atoms with E-state index in [0.717, 1.165) is 0 Å². The first-order valence-corrected chi connectivity index (χ1v) is 6.59. The molecule has 3 nitrogen and oxygen atoms in total. The van der Waals surface area contributed by atoms with E-state index in [1.165, 1.54) is 6.07 Å². The van der Waals surface area contributed by atoms with Crippen molar-refractivity contribution in [3.05, 3.63) is 34.1 Å². The van der Waals surface area contributed by atoms with Gasteiger partial charge in [-0.25, -0.2) is 4.39 Å². The van der Waals surface area contributed by atoms with Gasteiger partial charge in [-0.05, 0) is 24.5 Å². The Kier molecular flexibility index (Phi) is 5.75. The summed E-state index contributed by atoms with van der Waals surface area (Å²) >= 11 is 3.18. The maximum Gasteiger partial charge on any atom is 0.320 e. The van der Waals surface area contributed by atoms with E-state index >= 15 is 0 Å². The maximum atomic E-state index is 13.5. The molecule has 1 atom stereocenters. The zero-order valence-electron chi connectivity index (χ0n) is 10.4. The summed E-state index contributed by atoms with van der Waals surface area (Å²) in [6, 6.07) is 4.10. The van der Waals surface area contributed by atoms with Crippen molar-refractivity contribution in [1.82, 2.24) is 5.32 Å². The number of nitrogens with one attached hydrogen (secondary N) is 1. The van der Waals surface area contributed by atoms with Crippen LogP contribution < -0.4 is 5.32 Å². The highest BCUT2D eigenvalue weighted by atomic mass is 79.9. The normalized spacial score (nSPS) is 12.7. The van der Waals surface area contributed by atoms with Crippen LogP contribution in [0.15, 0.2) is 22.7 Å². The van der Waals surface area contributed by atoms with Crippen molar-refractivity contribution in [3.8, 4) is 0 Å². The molecule has 0 heterocycles. The third kappa shape index (κ3) is 4.74. The fraction of sp³-hybridized carbons (Fsp3) is 0.462. The van der Waals surface area contributed by atoms with Gasteiger partial charge in [0, 0.05) is 16.6 Å². The predicted octanol–water partition coefficient (Wildman–Crippen LogP) is 3.18. The Labute approximate surface area is 115 Å². The van der Waals surface area contributed by atoms with Crippen molar-refractivity contribution in [2.45, 2.75) is 32.9 Å². The number of hydrogen-bond donors (Lipinski definition) is 2. The lowest BCUT2D eigenvalue weighted by molar-refractivity contribution is -0.140. The van der Waals surface area contributed by atoms with Crippen LogP contribution in [0.25, 0.3) is 0 Å². The summed E-state index contributed by atoms with van der Waals surface area (Å²) in [6.45, 7) is 4.12. The molecular weight excluding hydrogens is 301 g/mol. The molecule has 18 heavy (non-hydrogen) atoms. The lowest BCUT2D eigenvalue weighted by Gasteiger charge is -2.16. The first-order chi connectivity index (χ1) is 8.40. The van der Waals surface area contributed by atoms with Crippen LogP contribution >= 0.6 is 15.9 Å². The number of rotatable bonds is 6. The molecule has 1 rings (SSSR count). The van der Waals surface area contributed by atoms with E-state index in [0.29, 0.717) is 16.5 Å². The van der Waals surface area contributed by atoms with Gasteiger partial charge in [0.2, 0.25) is 0 Å². The van der Waals surface area contributed by atoms with Gasteiger partial charge < -0.3 is 10.4 Å². The standard InChI is InChI=1S/C13H17BrFNO2/c1-8(2)5-12(13(17)18)16-7-9-3-4-10(14)6-11(9)15/h3-4,6,8,12,16H,5,7H2,1-2H3,(H,17,18). The molecule has 0 fully saturated rings. The molecule has 0 aromatic heterocycles. The Balaban J connectivity index is 2.64. The molecule has 1 aromatic rings. The maximum absolute atomic E-state index is 13.5. The lowest BCUT2D eigenvalue weighted by atomic mass is 10.0. The number of carboxylic acid groups (broad SMARTS) is 1. The second-order valence-electron chi connectivity index (χ2n) is 4.64. The van der Waals surface area contributed by atoms with Gasteiger partial charge in [0.15, 0.2) is 0 Å². The van der Waals surface area contributed by atoms with Crippen LogP contribution in [-0.2, 0) is 11.3 Å². The topological polar surface area (TPSA) is 49.3 Å². The van der Waals surface area contributed by atoms with E-state index in [4.69, 9.17) is 5.11 Å². The largest absolute Gasteiger partial charge is 0.480 e. The number of hydrogen-bond acceptors (Lipinski definition) is 2. The fourth-order valence-corrected chi connectivity index (χ4v) is 1.97. The van der Waals surface area contributed by atoms with Crippen LogP contribution in [0.3, 0.4) is 0 Å². The Morgan fingerprint density at radius 1 is 1.50 bits per heavy atom. The fourth-order valence-electron chi connectivity index (χ4n) is 1.64. The van der Waals surface area contributed by atoms with Crippen molar-refractivity contribution < 1.29 is 14.3 Å². The van der Waals surface area contributed by atoms with E-state index in [1.807, 2.05) is 13.8 Å². The molecule has 0 spiro atoms. The molecule has 1 unspecified atom stereocenters. The molecule has 0 aliphatic rings. The number of benzene rings is 1. The third-order valence-electron chi connectivity index (χ3n) is 2.56. The summed E-state index contributed by atoms with van der Waals surface area (Å²) < 4.78 is 14.2. The average molecular weight is 318 g/mol. The van der Waals surface area contributed by atoms with Crippen LogP contribution in [0.4, 0.5) is 4.39 Å². The first kappa shape index (κ1) is 15.1. The van der Waals surface area contributed by atoms with Crippen LogP contribution in [0.1, 0.15) is 25.8 Å². The minimum absolute atomic E-state index is 0.211. The summed E-state index contributed by atoms with van der Waals surface area (Å²) in [7, 11) is 0. The van der Waals surface area contributed by atoms with Crippen molar-refractivity contribution in [2.75, 3.05) is 0 Å². The molecule has 1 aromatic carbocycles. The Hall–Kier alpha value is -0.940. The summed E-state index contributed by atoms with van der Waals surface area (Å²) in [5.41, 5.74) is 0.466. The number of halogens is 2. The predicted molar refractivity (Wildman–Crippen MR) is 71.8 cm³/mol. The summed E-state index contributed by atoms with van der Waals surface area (Å²) in [4.78, 5) is 11.0. The monoisotopic (exact) mass is 317 g/mol. The molecule has 2 N–H and O–H groups in total. The zero-order chi connectivity index (χ0) is 13.7. The van der Waals surface area contributed by atoms with E-state index < -0.39 is 12.0 Å². The molecule has 0 aliphatic carbocycles. The van der Waals surface area contributed by atoms with Crippen molar-refractivity contribution in [1.29, 1.82) is 0 Å². The second-order valence-corrected chi connectivity index (χ2v) is 5.55. The number of carbonyl (C=O) groups is 1. The number of carboxylic acids is 1. The second kappa shape index (κ2) is 6.85. The van der Waals surface area contributed by atoms with Gasteiger partial charge in [0.25, 0.3) is 0 Å². The molecule has 0 saturated carbocycles. The highest BCUT2D eigenvalue weighted by molar-refractivity contribution is 9.10. The van der Waals surface area contributed by atoms with E-state index in [2.05, 4.69) is 21.2 Å². The highest BCUT2D eigenvalue weighted by Crippen LogP contribution is 2.15. The SMILES string of the molecule is CC(C)CC(NCc1ccc(Br)cc1F)C(=O)O. The van der Waals surface area contributed by atoms with E-state index in [1.54, 1.807) is 12.1 Å². The van der Waals surface area contributed by atoms with Gasteiger partial charge in [-0.15, -0.1) is 0 Å². The van der Waals surface area contributed by atoms with Gasteiger partial charge in [-0.1, -0.05) is 35.8 Å². The summed E-state index contributed by atoms with van der Waals surface area (Å²) in [5.74, 6) is -0.972. The van der Waals surface area contributed by atoms with Crippen LogP contribution in [0.2, 0.25) is 0 Å². The molecule has 0 bridgehead atoms. The zero-order valence-corrected chi connectivity index (χ0v) is 12.0. The smallest absolute Gasteiger partial charge is 0.320 e. The number of aliphatic carboxylic acids is 1. The molecule has 0 aliphatic heterocycles. The van der Waals surface area contributed by atoms with Gasteiger partial charge in [-0.2, -0.15) is 0 Å². The van der Waals surface area contributed by atoms with Gasteiger partial charge >= 0.3 is 5.97 Å². The highest BCUT2D eigenvalue weighted by Gasteiger charge is 2.18. The lowest BCUT2D eigenvalue weighted by Crippen LogP contribution is -2.37. The van der Waals surface area contributed by atoms with Crippen LogP contribution in [-0.4, -0.2) is 17.1 Å². The Morgan fingerprint density at radius 2 is 2.17 bits per heavy atom. The van der Waals surface area contributed by atoms with Gasteiger partial charge in [0.05, 0.1) is 0 Å². The first-order valence-electron chi connectivity index (χ1n) is 5.80.